The van der Waals surface area contributed by atoms with Gasteiger partial charge in [-0.3, -0.25) is 5.10 Å². The minimum Gasteiger partial charge on any atom is -0.508 e. The molecule has 4 N–H and O–H groups in total. The van der Waals surface area contributed by atoms with Crippen LogP contribution >= 0.6 is 0 Å². The normalized spacial score (nSPS) is 10.3. The van der Waals surface area contributed by atoms with Crippen molar-refractivity contribution in [3.05, 3.63) is 41.6 Å². The number of anilines is 1. The van der Waals surface area contributed by atoms with Gasteiger partial charge in [0.1, 0.15) is 11.6 Å². The molecular formula is C10H11N3O. The summed E-state index contributed by atoms with van der Waals surface area (Å²) in [6.07, 6.45) is 0.741. The second kappa shape index (κ2) is 3.41. The number of rotatable bonds is 2. The monoisotopic (exact) mass is 189 g/mol. The maximum atomic E-state index is 9.09. The van der Waals surface area contributed by atoms with E-state index in [0.717, 1.165) is 17.7 Å². The van der Waals surface area contributed by atoms with Crippen LogP contribution in [0.15, 0.2) is 30.3 Å². The number of nitrogens with zero attached hydrogens (tertiary/aromatic N) is 1. The van der Waals surface area contributed by atoms with Crippen LogP contribution in [-0.2, 0) is 6.42 Å². The Morgan fingerprint density at radius 1 is 1.29 bits per heavy atom. The number of aromatic nitrogens is 2. The molecule has 1 aromatic carbocycles. The van der Waals surface area contributed by atoms with Crippen molar-refractivity contribution in [1.82, 2.24) is 10.2 Å². The van der Waals surface area contributed by atoms with Crippen molar-refractivity contribution < 1.29 is 5.11 Å². The van der Waals surface area contributed by atoms with Crippen LogP contribution in [0.2, 0.25) is 0 Å². The molecule has 1 aromatic heterocycles. The minimum absolute atomic E-state index is 0.276. The van der Waals surface area contributed by atoms with Crippen LogP contribution in [-0.4, -0.2) is 15.3 Å². The summed E-state index contributed by atoms with van der Waals surface area (Å²) in [6, 6.07) is 8.86. The van der Waals surface area contributed by atoms with E-state index in [4.69, 9.17) is 10.8 Å². The molecule has 4 nitrogen and oxygen atoms in total. The number of hydrogen-bond acceptors (Lipinski definition) is 3. The van der Waals surface area contributed by atoms with E-state index in [1.165, 1.54) is 0 Å². The summed E-state index contributed by atoms with van der Waals surface area (Å²) >= 11 is 0. The third kappa shape index (κ3) is 1.85. The number of phenolic OH excluding ortho intramolecular Hbond substituents is 1. The molecule has 0 aliphatic carbocycles. The summed E-state index contributed by atoms with van der Waals surface area (Å²) in [5.74, 6) is 0.775. The molecule has 2 aromatic rings. The lowest BCUT2D eigenvalue weighted by molar-refractivity contribution is 0.475. The molecule has 72 valence electrons. The lowest BCUT2D eigenvalue weighted by Crippen LogP contribution is -1.87. The predicted octanol–water partition coefficient (Wildman–Crippen LogP) is 1.29. The molecule has 14 heavy (non-hydrogen) atoms. The first kappa shape index (κ1) is 8.62. The first-order valence-corrected chi connectivity index (χ1v) is 4.32. The zero-order valence-electron chi connectivity index (χ0n) is 7.57. The van der Waals surface area contributed by atoms with Crippen molar-refractivity contribution in [3.8, 4) is 5.75 Å². The summed E-state index contributed by atoms with van der Waals surface area (Å²) in [4.78, 5) is 0. The number of nitrogens with two attached hydrogens (primary N) is 1. The van der Waals surface area contributed by atoms with E-state index in [1.54, 1.807) is 18.2 Å². The molecule has 0 amide bonds. The lowest BCUT2D eigenvalue weighted by Gasteiger charge is -1.98. The number of aromatic hydroxyl groups is 1. The largest absolute Gasteiger partial charge is 0.508 e. The van der Waals surface area contributed by atoms with E-state index in [1.807, 2.05) is 12.1 Å². The molecule has 0 saturated heterocycles. The first-order chi connectivity index (χ1) is 6.74. The van der Waals surface area contributed by atoms with E-state index in [9.17, 15) is 0 Å². The van der Waals surface area contributed by atoms with Crippen LogP contribution < -0.4 is 5.73 Å². The highest BCUT2D eigenvalue weighted by Crippen LogP contribution is 2.13. The average Bonchev–Trinajstić information content (AvgIpc) is 2.56. The number of hydrogen-bond donors (Lipinski definition) is 3. The second-order valence-corrected chi connectivity index (χ2v) is 3.16. The molecule has 0 aliphatic rings. The molecule has 0 bridgehead atoms. The smallest absolute Gasteiger partial charge is 0.145 e. The fourth-order valence-electron chi connectivity index (χ4n) is 1.30. The third-order valence-corrected chi connectivity index (χ3v) is 1.98. The molecule has 0 spiro atoms. The van der Waals surface area contributed by atoms with Gasteiger partial charge in [0.15, 0.2) is 0 Å². The van der Waals surface area contributed by atoms with Gasteiger partial charge in [0.25, 0.3) is 0 Å². The van der Waals surface area contributed by atoms with Crippen molar-refractivity contribution in [3.63, 3.8) is 0 Å². The van der Waals surface area contributed by atoms with Gasteiger partial charge in [0, 0.05) is 18.2 Å². The van der Waals surface area contributed by atoms with Crippen LogP contribution in [0.25, 0.3) is 0 Å². The van der Waals surface area contributed by atoms with Crippen molar-refractivity contribution in [2.45, 2.75) is 6.42 Å². The summed E-state index contributed by atoms with van der Waals surface area (Å²) in [5, 5.41) is 15.8. The quantitative estimate of drug-likeness (QED) is 0.666. The minimum atomic E-state index is 0.276. The molecule has 0 saturated carbocycles. The van der Waals surface area contributed by atoms with Crippen LogP contribution in [0.5, 0.6) is 5.75 Å². The van der Waals surface area contributed by atoms with Crippen molar-refractivity contribution in [1.29, 1.82) is 0 Å². The highest BCUT2D eigenvalue weighted by molar-refractivity contribution is 5.33. The van der Waals surface area contributed by atoms with Gasteiger partial charge >= 0.3 is 0 Å². The molecule has 1 heterocycles. The van der Waals surface area contributed by atoms with Crippen molar-refractivity contribution in [2.75, 3.05) is 5.73 Å². The van der Waals surface area contributed by atoms with Gasteiger partial charge in [0.05, 0.1) is 0 Å². The zero-order valence-corrected chi connectivity index (χ0v) is 7.57. The Morgan fingerprint density at radius 2 is 2.00 bits per heavy atom. The summed E-state index contributed by atoms with van der Waals surface area (Å²) in [6.45, 7) is 0. The van der Waals surface area contributed by atoms with Gasteiger partial charge in [-0.25, -0.2) is 0 Å². The number of nitrogen functional groups attached to an aromatic ring is 1. The van der Waals surface area contributed by atoms with Gasteiger partial charge in [-0.2, -0.15) is 5.10 Å². The third-order valence-electron chi connectivity index (χ3n) is 1.98. The number of H-pyrrole nitrogens is 1. The Balaban J connectivity index is 2.15. The number of benzene rings is 1. The molecule has 4 heteroatoms. The Labute approximate surface area is 81.4 Å². The van der Waals surface area contributed by atoms with E-state index in [2.05, 4.69) is 10.2 Å². The van der Waals surface area contributed by atoms with Crippen molar-refractivity contribution in [2.24, 2.45) is 0 Å². The Morgan fingerprint density at radius 3 is 2.57 bits per heavy atom. The summed E-state index contributed by atoms with van der Waals surface area (Å²) in [7, 11) is 0. The zero-order chi connectivity index (χ0) is 9.97. The van der Waals surface area contributed by atoms with Gasteiger partial charge in [-0.05, 0) is 17.7 Å². The SMILES string of the molecule is Nc1cc(Cc2ccc(O)cc2)[nH]n1. The lowest BCUT2D eigenvalue weighted by atomic mass is 10.1. The van der Waals surface area contributed by atoms with Gasteiger partial charge in [-0.1, -0.05) is 12.1 Å². The van der Waals surface area contributed by atoms with E-state index >= 15 is 0 Å². The number of nitrogens with one attached hydrogen (secondary N) is 1. The first-order valence-electron chi connectivity index (χ1n) is 4.32. The standard InChI is InChI=1S/C10H11N3O/c11-10-6-8(12-13-10)5-7-1-3-9(14)4-2-7/h1-4,6,14H,5H2,(H3,11,12,13). The van der Waals surface area contributed by atoms with Crippen molar-refractivity contribution >= 4 is 5.82 Å². The van der Waals surface area contributed by atoms with Gasteiger partial charge in [-0.15, -0.1) is 0 Å². The molecular weight excluding hydrogens is 178 g/mol. The number of aromatic amines is 1. The average molecular weight is 189 g/mol. The van der Waals surface area contributed by atoms with Gasteiger partial charge in [0.2, 0.25) is 0 Å². The highest BCUT2D eigenvalue weighted by atomic mass is 16.3. The molecule has 0 aliphatic heterocycles. The van der Waals surface area contributed by atoms with Crippen LogP contribution in [0.3, 0.4) is 0 Å². The van der Waals surface area contributed by atoms with E-state index < -0.39 is 0 Å². The fraction of sp³-hybridized carbons (Fsp3) is 0.100. The maximum absolute atomic E-state index is 9.09. The summed E-state index contributed by atoms with van der Waals surface area (Å²) in [5.41, 5.74) is 7.54. The summed E-state index contributed by atoms with van der Waals surface area (Å²) < 4.78 is 0. The predicted molar refractivity (Wildman–Crippen MR) is 53.9 cm³/mol. The van der Waals surface area contributed by atoms with Gasteiger partial charge < -0.3 is 10.8 Å². The van der Waals surface area contributed by atoms with E-state index in [-0.39, 0.29) is 5.75 Å². The Kier molecular flexibility index (Phi) is 2.10. The second-order valence-electron chi connectivity index (χ2n) is 3.16. The maximum Gasteiger partial charge on any atom is 0.145 e. The number of phenols is 1. The molecule has 0 fully saturated rings. The van der Waals surface area contributed by atoms with Crippen LogP contribution in [0.1, 0.15) is 11.3 Å². The topological polar surface area (TPSA) is 74.9 Å². The molecule has 0 atom stereocenters. The van der Waals surface area contributed by atoms with E-state index in [0.29, 0.717) is 5.82 Å². The molecule has 2 rings (SSSR count). The fourth-order valence-corrected chi connectivity index (χ4v) is 1.30. The molecule has 0 radical (unpaired) electrons. The van der Waals surface area contributed by atoms with Crippen LogP contribution in [0, 0.1) is 0 Å². The Bertz CT molecular complexity index is 419. The highest BCUT2D eigenvalue weighted by Gasteiger charge is 1.99. The van der Waals surface area contributed by atoms with Crippen LogP contribution in [0.4, 0.5) is 5.82 Å². The Hall–Kier alpha value is -1.97. The molecule has 0 unspecified atom stereocenters.